The molecule has 0 saturated heterocycles. The second kappa shape index (κ2) is 4.65. The van der Waals surface area contributed by atoms with E-state index in [0.717, 1.165) is 20.0 Å². The van der Waals surface area contributed by atoms with Crippen LogP contribution in [0.5, 0.6) is 5.75 Å². The molecule has 0 radical (unpaired) electrons. The van der Waals surface area contributed by atoms with Crippen LogP contribution >= 0.6 is 12.2 Å². The molecule has 4 nitrogen and oxygen atoms in total. The molecular weight excluding hydrogens is 313 g/mol. The first-order valence-corrected chi connectivity index (χ1v) is 7.31. The number of ether oxygens (including phenoxy) is 1. The summed E-state index contributed by atoms with van der Waals surface area (Å²) < 4.78 is 9.29. The Morgan fingerprint density at radius 1 is 1.22 bits per heavy atom. The Bertz CT molecular complexity index is 751. The van der Waals surface area contributed by atoms with Crippen LogP contribution in [-0.4, -0.2) is 35.4 Å². The fraction of sp³-hybridized carbons (Fsp3) is 0.0833. The summed E-state index contributed by atoms with van der Waals surface area (Å²) in [5.41, 5.74) is 0. The van der Waals surface area contributed by atoms with Crippen LogP contribution in [0, 0.1) is 4.64 Å². The average molecular weight is 322 g/mol. The molecule has 2 heterocycles. The molecule has 0 fully saturated rings. The van der Waals surface area contributed by atoms with Gasteiger partial charge < -0.3 is 0 Å². The van der Waals surface area contributed by atoms with E-state index in [9.17, 15) is 0 Å². The van der Waals surface area contributed by atoms with Crippen LogP contribution < -0.4 is 4.74 Å². The van der Waals surface area contributed by atoms with E-state index in [1.807, 2.05) is 21.8 Å². The number of rotatable bonds is 2. The van der Waals surface area contributed by atoms with Gasteiger partial charge in [0.1, 0.15) is 0 Å². The van der Waals surface area contributed by atoms with Crippen molar-refractivity contribution in [1.82, 2.24) is 13.5 Å². The fourth-order valence-corrected chi connectivity index (χ4v) is 4.49. The SMILES string of the molecule is COc1cccc2c(=S)n(-c3ncccn3)[se]c12. The Kier molecular flexibility index (Phi) is 2.99. The minimum atomic E-state index is 0.0281. The summed E-state index contributed by atoms with van der Waals surface area (Å²) >= 11 is 5.52. The Morgan fingerprint density at radius 2 is 2.00 bits per heavy atom. The topological polar surface area (TPSA) is 39.9 Å². The summed E-state index contributed by atoms with van der Waals surface area (Å²) in [7, 11) is 1.68. The molecular formula is C12H9N3OSSe. The molecule has 0 aliphatic heterocycles. The maximum absolute atomic E-state index is 5.49. The van der Waals surface area contributed by atoms with E-state index in [4.69, 9.17) is 17.0 Å². The first-order chi connectivity index (χ1) is 8.81. The van der Waals surface area contributed by atoms with Crippen LogP contribution in [0.1, 0.15) is 0 Å². The van der Waals surface area contributed by atoms with E-state index in [0.29, 0.717) is 5.95 Å². The van der Waals surface area contributed by atoms with Crippen molar-refractivity contribution in [2.24, 2.45) is 0 Å². The zero-order chi connectivity index (χ0) is 12.5. The summed E-state index contributed by atoms with van der Waals surface area (Å²) in [6.45, 7) is 0. The number of fused-ring (bicyclic) bond motifs is 1. The molecule has 0 aliphatic rings. The Balaban J connectivity index is 2.33. The van der Waals surface area contributed by atoms with Gasteiger partial charge in [0.2, 0.25) is 0 Å². The van der Waals surface area contributed by atoms with Crippen molar-refractivity contribution in [3.8, 4) is 11.7 Å². The van der Waals surface area contributed by atoms with Crippen molar-refractivity contribution in [3.05, 3.63) is 41.3 Å². The van der Waals surface area contributed by atoms with E-state index in [1.54, 1.807) is 25.6 Å². The van der Waals surface area contributed by atoms with Gasteiger partial charge in [0.25, 0.3) is 0 Å². The molecule has 0 aliphatic carbocycles. The van der Waals surface area contributed by atoms with Crippen molar-refractivity contribution in [2.45, 2.75) is 0 Å². The molecule has 0 amide bonds. The van der Waals surface area contributed by atoms with Crippen LogP contribution in [0.15, 0.2) is 36.7 Å². The Hall–Kier alpha value is -1.49. The maximum atomic E-state index is 5.49. The predicted octanol–water partition coefficient (Wildman–Crippen LogP) is 2.22. The molecule has 18 heavy (non-hydrogen) atoms. The van der Waals surface area contributed by atoms with Crippen LogP contribution in [0.2, 0.25) is 0 Å². The number of methoxy groups -OCH3 is 1. The molecule has 2 aromatic heterocycles. The zero-order valence-electron chi connectivity index (χ0n) is 9.53. The molecule has 0 N–H and O–H groups in total. The van der Waals surface area contributed by atoms with E-state index in [2.05, 4.69) is 9.97 Å². The Morgan fingerprint density at radius 3 is 2.72 bits per heavy atom. The third kappa shape index (κ3) is 1.79. The van der Waals surface area contributed by atoms with Crippen molar-refractivity contribution in [3.63, 3.8) is 0 Å². The quantitative estimate of drug-likeness (QED) is 0.536. The summed E-state index contributed by atoms with van der Waals surface area (Å²) in [6.07, 6.45) is 3.45. The summed E-state index contributed by atoms with van der Waals surface area (Å²) in [4.78, 5) is 8.50. The first-order valence-electron chi connectivity index (χ1n) is 5.27. The summed E-state index contributed by atoms with van der Waals surface area (Å²) in [5, 5.41) is 1.05. The predicted molar refractivity (Wildman–Crippen MR) is 73.2 cm³/mol. The number of benzene rings is 1. The molecule has 3 aromatic rings. The number of hydrogen-bond acceptors (Lipinski definition) is 4. The van der Waals surface area contributed by atoms with Crippen molar-refractivity contribution in [1.29, 1.82) is 0 Å². The van der Waals surface area contributed by atoms with Gasteiger partial charge in [-0.25, -0.2) is 0 Å². The molecule has 0 bridgehead atoms. The van der Waals surface area contributed by atoms with Gasteiger partial charge in [0.05, 0.1) is 0 Å². The fourth-order valence-electron chi connectivity index (χ4n) is 1.71. The van der Waals surface area contributed by atoms with Gasteiger partial charge in [0, 0.05) is 0 Å². The third-order valence-corrected chi connectivity index (χ3v) is 5.57. The van der Waals surface area contributed by atoms with Crippen LogP contribution in [-0.2, 0) is 0 Å². The number of hydrogen-bond donors (Lipinski definition) is 0. The van der Waals surface area contributed by atoms with E-state index in [1.165, 1.54) is 0 Å². The molecule has 0 unspecified atom stereocenters. The summed E-state index contributed by atoms with van der Waals surface area (Å²) in [6, 6.07) is 7.72. The van der Waals surface area contributed by atoms with E-state index >= 15 is 0 Å². The Labute approximate surface area is 115 Å². The second-order valence-electron chi connectivity index (χ2n) is 3.58. The van der Waals surface area contributed by atoms with Crippen molar-refractivity contribution in [2.75, 3.05) is 7.11 Å². The summed E-state index contributed by atoms with van der Waals surface area (Å²) in [5.74, 6) is 1.54. The van der Waals surface area contributed by atoms with Gasteiger partial charge >= 0.3 is 115 Å². The van der Waals surface area contributed by atoms with Crippen LogP contribution in [0.25, 0.3) is 15.6 Å². The molecule has 1 aromatic carbocycles. The molecule has 90 valence electrons. The molecule has 0 spiro atoms. The van der Waals surface area contributed by atoms with Gasteiger partial charge in [0.15, 0.2) is 0 Å². The molecule has 3 rings (SSSR count). The first kappa shape index (κ1) is 11.6. The van der Waals surface area contributed by atoms with Gasteiger partial charge in [-0.2, -0.15) is 0 Å². The molecule has 0 saturated carbocycles. The van der Waals surface area contributed by atoms with Gasteiger partial charge in [-0.15, -0.1) is 0 Å². The van der Waals surface area contributed by atoms with Crippen LogP contribution in [0.4, 0.5) is 0 Å². The monoisotopic (exact) mass is 323 g/mol. The number of nitrogens with zero attached hydrogens (tertiary/aromatic N) is 3. The van der Waals surface area contributed by atoms with E-state index < -0.39 is 0 Å². The average Bonchev–Trinajstić information content (AvgIpc) is 2.77. The normalized spacial score (nSPS) is 10.7. The molecule has 0 atom stereocenters. The van der Waals surface area contributed by atoms with Crippen LogP contribution in [0.3, 0.4) is 0 Å². The minimum absolute atomic E-state index is 0.0281. The standard InChI is InChI=1S/C12H9N3OSSe/c1-16-9-5-2-4-8-10(9)18-15(11(8)17)12-13-6-3-7-14-12/h2-7H,1H3. The van der Waals surface area contributed by atoms with E-state index in [-0.39, 0.29) is 14.7 Å². The van der Waals surface area contributed by atoms with Crippen molar-refractivity contribution < 1.29 is 4.74 Å². The van der Waals surface area contributed by atoms with Gasteiger partial charge in [-0.3, -0.25) is 0 Å². The molecule has 6 heteroatoms. The third-order valence-electron chi connectivity index (χ3n) is 2.53. The second-order valence-corrected chi connectivity index (χ2v) is 5.97. The zero-order valence-corrected chi connectivity index (χ0v) is 12.1. The van der Waals surface area contributed by atoms with Gasteiger partial charge in [-0.05, 0) is 0 Å². The van der Waals surface area contributed by atoms with Crippen molar-refractivity contribution >= 4 is 36.6 Å². The van der Waals surface area contributed by atoms with Gasteiger partial charge in [-0.1, -0.05) is 0 Å². The number of aromatic nitrogens is 3.